The Morgan fingerprint density at radius 3 is 2.90 bits per heavy atom. The maximum atomic E-state index is 11.0. The number of hydrogen-bond acceptors (Lipinski definition) is 7. The van der Waals surface area contributed by atoms with Gasteiger partial charge in [0.05, 0.1) is 6.20 Å². The summed E-state index contributed by atoms with van der Waals surface area (Å²) in [6, 6.07) is 0. The first-order chi connectivity index (χ1) is 10.0. The van der Waals surface area contributed by atoms with Gasteiger partial charge in [-0.25, -0.2) is 9.78 Å². The molecule has 3 aromatic heterocycles. The van der Waals surface area contributed by atoms with Crippen LogP contribution in [0.15, 0.2) is 31.4 Å². The van der Waals surface area contributed by atoms with E-state index in [2.05, 4.69) is 10.1 Å². The molecule has 1 amide bonds. The van der Waals surface area contributed by atoms with Gasteiger partial charge in [-0.1, -0.05) is 0 Å². The van der Waals surface area contributed by atoms with Crippen LogP contribution in [0.4, 0.5) is 0 Å². The zero-order valence-corrected chi connectivity index (χ0v) is 11.7. The van der Waals surface area contributed by atoms with E-state index in [1.165, 1.54) is 11.3 Å². The third kappa shape index (κ3) is 2.63. The highest BCUT2D eigenvalue weighted by molar-refractivity contribution is 7.13. The highest BCUT2D eigenvalue weighted by atomic mass is 32.1. The Kier molecular flexibility index (Phi) is 3.18. The Balaban J connectivity index is 1.84. The zero-order chi connectivity index (χ0) is 15.0. The molecule has 0 bridgehead atoms. The number of carbonyl (C=O) groups is 1. The Hall–Kier alpha value is -2.68. The first-order valence-electron chi connectivity index (χ1n) is 5.90. The summed E-state index contributed by atoms with van der Waals surface area (Å²) in [5.41, 5.74) is 6.13. The number of thiazole rings is 1. The van der Waals surface area contributed by atoms with Gasteiger partial charge in [0.1, 0.15) is 23.0 Å². The van der Waals surface area contributed by atoms with E-state index in [0.717, 1.165) is 5.56 Å². The van der Waals surface area contributed by atoms with Crippen molar-refractivity contribution in [2.45, 2.75) is 13.5 Å². The highest BCUT2D eigenvalue weighted by Crippen LogP contribution is 2.23. The van der Waals surface area contributed by atoms with Crippen LogP contribution >= 0.6 is 11.3 Å². The SMILES string of the molecule is Cc1oc(=O)oc1Cn1cc(-c2nc(C(N)=O)cs2)cn1. The molecule has 0 saturated heterocycles. The molecule has 0 spiro atoms. The van der Waals surface area contributed by atoms with E-state index in [9.17, 15) is 9.59 Å². The van der Waals surface area contributed by atoms with Crippen LogP contribution in [0.3, 0.4) is 0 Å². The monoisotopic (exact) mass is 306 g/mol. The Labute approximate surface area is 121 Å². The number of nitrogens with two attached hydrogens (primary N) is 1. The summed E-state index contributed by atoms with van der Waals surface area (Å²) in [6.45, 7) is 1.91. The smallest absolute Gasteiger partial charge is 0.396 e. The second-order valence-electron chi connectivity index (χ2n) is 4.26. The van der Waals surface area contributed by atoms with Gasteiger partial charge in [-0.3, -0.25) is 9.48 Å². The number of nitrogens with zero attached hydrogens (tertiary/aromatic N) is 3. The molecule has 3 aromatic rings. The molecule has 0 atom stereocenters. The van der Waals surface area contributed by atoms with E-state index < -0.39 is 11.7 Å². The van der Waals surface area contributed by atoms with Crippen molar-refractivity contribution < 1.29 is 13.6 Å². The lowest BCUT2D eigenvalue weighted by Gasteiger charge is -1.96. The van der Waals surface area contributed by atoms with Gasteiger partial charge in [-0.15, -0.1) is 11.3 Å². The summed E-state index contributed by atoms with van der Waals surface area (Å²) in [5.74, 6) is -0.476. The van der Waals surface area contributed by atoms with E-state index >= 15 is 0 Å². The molecule has 0 saturated carbocycles. The molecular weight excluding hydrogens is 296 g/mol. The van der Waals surface area contributed by atoms with Crippen molar-refractivity contribution in [3.05, 3.63) is 45.6 Å². The van der Waals surface area contributed by atoms with Gasteiger partial charge in [-0.2, -0.15) is 5.10 Å². The number of amides is 1. The number of aryl methyl sites for hydroxylation is 1. The Morgan fingerprint density at radius 1 is 1.48 bits per heavy atom. The van der Waals surface area contributed by atoms with E-state index in [1.807, 2.05) is 0 Å². The maximum absolute atomic E-state index is 11.0. The number of primary amides is 1. The van der Waals surface area contributed by atoms with Crippen LogP contribution in [0.1, 0.15) is 22.0 Å². The molecule has 3 rings (SSSR count). The topological polar surface area (TPSA) is 117 Å². The summed E-state index contributed by atoms with van der Waals surface area (Å²) < 4.78 is 11.3. The van der Waals surface area contributed by atoms with Gasteiger partial charge in [0.15, 0.2) is 5.76 Å². The van der Waals surface area contributed by atoms with Crippen molar-refractivity contribution >= 4 is 17.2 Å². The number of aromatic nitrogens is 3. The lowest BCUT2D eigenvalue weighted by atomic mass is 10.3. The Bertz CT molecular complexity index is 857. The third-order valence-electron chi connectivity index (χ3n) is 2.78. The van der Waals surface area contributed by atoms with Crippen LogP contribution in [0.25, 0.3) is 10.6 Å². The number of carbonyl (C=O) groups excluding carboxylic acids is 1. The third-order valence-corrected chi connectivity index (χ3v) is 3.67. The standard InChI is InChI=1S/C12H10N4O4S/c1-6-9(20-12(18)19-6)4-16-3-7(2-14-16)11-15-8(5-21-11)10(13)17/h2-3,5H,4H2,1H3,(H2,13,17). The number of hydrogen-bond donors (Lipinski definition) is 1. The van der Waals surface area contributed by atoms with Crippen molar-refractivity contribution in [3.8, 4) is 10.6 Å². The second-order valence-corrected chi connectivity index (χ2v) is 5.12. The summed E-state index contributed by atoms with van der Waals surface area (Å²) in [4.78, 5) is 26.1. The van der Waals surface area contributed by atoms with Crippen LogP contribution in [-0.4, -0.2) is 20.7 Å². The van der Waals surface area contributed by atoms with Crippen LogP contribution in [0.5, 0.6) is 0 Å². The molecule has 9 heteroatoms. The fraction of sp³-hybridized carbons (Fsp3) is 0.167. The number of rotatable bonds is 4. The van der Waals surface area contributed by atoms with Crippen LogP contribution in [0.2, 0.25) is 0 Å². The summed E-state index contributed by atoms with van der Waals surface area (Å²) in [6.07, 6.45) is 3.34. The highest BCUT2D eigenvalue weighted by Gasteiger charge is 2.13. The average molecular weight is 306 g/mol. The normalized spacial score (nSPS) is 10.9. The van der Waals surface area contributed by atoms with Gasteiger partial charge in [0.2, 0.25) is 0 Å². The lowest BCUT2D eigenvalue weighted by Crippen LogP contribution is -2.10. The molecular formula is C12H10N4O4S. The molecule has 0 radical (unpaired) electrons. The predicted molar refractivity (Wildman–Crippen MR) is 72.9 cm³/mol. The molecule has 0 fully saturated rings. The molecule has 0 aliphatic carbocycles. The van der Waals surface area contributed by atoms with Gasteiger partial charge in [0.25, 0.3) is 5.91 Å². The molecule has 21 heavy (non-hydrogen) atoms. The molecule has 0 aliphatic heterocycles. The minimum atomic E-state index is -0.735. The largest absolute Gasteiger partial charge is 0.519 e. The van der Waals surface area contributed by atoms with Crippen molar-refractivity contribution in [3.63, 3.8) is 0 Å². The molecule has 108 valence electrons. The molecule has 0 aromatic carbocycles. The Morgan fingerprint density at radius 2 is 2.29 bits per heavy atom. The van der Waals surface area contributed by atoms with E-state index in [-0.39, 0.29) is 12.2 Å². The van der Waals surface area contributed by atoms with Crippen molar-refractivity contribution in [2.24, 2.45) is 5.73 Å². The minimum absolute atomic E-state index is 0.222. The van der Waals surface area contributed by atoms with Gasteiger partial charge in [-0.05, 0) is 6.92 Å². The second kappa shape index (κ2) is 5.02. The van der Waals surface area contributed by atoms with Crippen LogP contribution in [0, 0.1) is 6.92 Å². The fourth-order valence-corrected chi connectivity index (χ4v) is 2.53. The van der Waals surface area contributed by atoms with Gasteiger partial charge >= 0.3 is 5.82 Å². The molecule has 8 nitrogen and oxygen atoms in total. The molecule has 3 heterocycles. The molecule has 0 aliphatic rings. The van der Waals surface area contributed by atoms with E-state index in [1.54, 1.807) is 29.4 Å². The van der Waals surface area contributed by atoms with Gasteiger partial charge in [0, 0.05) is 17.1 Å². The molecule has 2 N–H and O–H groups in total. The van der Waals surface area contributed by atoms with E-state index in [0.29, 0.717) is 16.5 Å². The van der Waals surface area contributed by atoms with Crippen molar-refractivity contribution in [1.82, 2.24) is 14.8 Å². The first kappa shape index (κ1) is 13.3. The van der Waals surface area contributed by atoms with E-state index in [4.69, 9.17) is 14.6 Å². The average Bonchev–Trinajstić information content (AvgIpc) is 3.10. The summed E-state index contributed by atoms with van der Waals surface area (Å²) in [5, 5.41) is 6.39. The fourth-order valence-electron chi connectivity index (χ4n) is 1.75. The van der Waals surface area contributed by atoms with Crippen LogP contribution in [-0.2, 0) is 6.54 Å². The van der Waals surface area contributed by atoms with Crippen molar-refractivity contribution in [2.75, 3.05) is 0 Å². The maximum Gasteiger partial charge on any atom is 0.519 e. The molecule has 0 unspecified atom stereocenters. The van der Waals surface area contributed by atoms with Gasteiger partial charge < -0.3 is 14.6 Å². The minimum Gasteiger partial charge on any atom is -0.396 e. The predicted octanol–water partition coefficient (Wildman–Crippen LogP) is 1.01. The zero-order valence-electron chi connectivity index (χ0n) is 10.9. The summed E-state index contributed by atoms with van der Waals surface area (Å²) >= 11 is 1.30. The van der Waals surface area contributed by atoms with Crippen molar-refractivity contribution in [1.29, 1.82) is 0 Å². The first-order valence-corrected chi connectivity index (χ1v) is 6.78. The van der Waals surface area contributed by atoms with Crippen LogP contribution < -0.4 is 11.6 Å². The summed E-state index contributed by atoms with van der Waals surface area (Å²) in [7, 11) is 0. The quantitative estimate of drug-likeness (QED) is 0.768. The lowest BCUT2D eigenvalue weighted by molar-refractivity contribution is 0.0996.